The van der Waals surface area contributed by atoms with Gasteiger partial charge in [-0.3, -0.25) is 13.9 Å². The SMILES string of the molecule is CC[C@@H](C)NC(=O)[C@@H](CC)N(Cc1ccc(Cl)c(Cl)c1)C(=O)CCCN(c1ccccc1C)S(C)(=O)=O. The third-order valence-corrected chi connectivity index (χ3v) is 8.18. The molecule has 37 heavy (non-hydrogen) atoms. The number of para-hydroxylation sites is 1. The summed E-state index contributed by atoms with van der Waals surface area (Å²) in [6.07, 6.45) is 2.72. The first kappa shape index (κ1) is 30.9. The van der Waals surface area contributed by atoms with E-state index < -0.39 is 16.1 Å². The van der Waals surface area contributed by atoms with Crippen LogP contribution in [0.3, 0.4) is 0 Å². The van der Waals surface area contributed by atoms with Gasteiger partial charge in [-0.05, 0) is 62.4 Å². The Bertz CT molecular complexity index is 1190. The topological polar surface area (TPSA) is 86.8 Å². The number of benzene rings is 2. The van der Waals surface area contributed by atoms with Crippen molar-refractivity contribution in [1.82, 2.24) is 10.2 Å². The maximum Gasteiger partial charge on any atom is 0.243 e. The fourth-order valence-corrected chi connectivity index (χ4v) is 5.36. The van der Waals surface area contributed by atoms with Crippen molar-refractivity contribution in [3.8, 4) is 0 Å². The molecule has 0 saturated carbocycles. The van der Waals surface area contributed by atoms with Gasteiger partial charge in [0.05, 0.1) is 22.0 Å². The van der Waals surface area contributed by atoms with Gasteiger partial charge < -0.3 is 10.2 Å². The van der Waals surface area contributed by atoms with Crippen LogP contribution >= 0.6 is 23.2 Å². The number of hydrogen-bond donors (Lipinski definition) is 1. The maximum atomic E-state index is 13.5. The number of rotatable bonds is 13. The Kier molecular flexibility index (Phi) is 11.7. The highest BCUT2D eigenvalue weighted by Crippen LogP contribution is 2.25. The monoisotopic (exact) mass is 569 g/mol. The molecule has 2 rings (SSSR count). The van der Waals surface area contributed by atoms with Gasteiger partial charge in [0, 0.05) is 25.6 Å². The highest BCUT2D eigenvalue weighted by atomic mass is 35.5. The Morgan fingerprint density at radius 1 is 1.03 bits per heavy atom. The molecule has 0 radical (unpaired) electrons. The summed E-state index contributed by atoms with van der Waals surface area (Å²) in [5.74, 6) is -0.460. The molecule has 2 atom stereocenters. The summed E-state index contributed by atoms with van der Waals surface area (Å²) in [6.45, 7) is 7.92. The molecule has 0 saturated heterocycles. The Labute approximate surface area is 231 Å². The third kappa shape index (κ3) is 8.90. The minimum absolute atomic E-state index is 0.0269. The normalized spacial score (nSPS) is 13.1. The summed E-state index contributed by atoms with van der Waals surface area (Å²) in [5, 5.41) is 3.75. The number of amides is 2. The summed E-state index contributed by atoms with van der Waals surface area (Å²) < 4.78 is 26.4. The zero-order valence-electron chi connectivity index (χ0n) is 22.1. The van der Waals surface area contributed by atoms with E-state index in [4.69, 9.17) is 23.2 Å². The predicted molar refractivity (Wildman–Crippen MR) is 152 cm³/mol. The first-order chi connectivity index (χ1) is 17.4. The van der Waals surface area contributed by atoms with Gasteiger partial charge in [-0.1, -0.05) is 61.3 Å². The lowest BCUT2D eigenvalue weighted by Gasteiger charge is -2.32. The van der Waals surface area contributed by atoms with Crippen molar-refractivity contribution >= 4 is 50.7 Å². The van der Waals surface area contributed by atoms with Crippen LogP contribution < -0.4 is 9.62 Å². The molecule has 0 fully saturated rings. The van der Waals surface area contributed by atoms with Crippen LogP contribution in [-0.2, 0) is 26.2 Å². The van der Waals surface area contributed by atoms with Crippen molar-refractivity contribution in [1.29, 1.82) is 0 Å². The van der Waals surface area contributed by atoms with Crippen LogP contribution in [0.4, 0.5) is 5.69 Å². The van der Waals surface area contributed by atoms with Crippen molar-refractivity contribution in [2.75, 3.05) is 17.1 Å². The standard InChI is InChI=1S/C27H37Cl2N3O4S/c1-6-20(4)30-27(34)24(7-2)31(18-21-14-15-22(28)23(29)17-21)26(33)13-10-16-32(37(5,35)36)25-12-9-8-11-19(25)3/h8-9,11-12,14-15,17,20,24H,6-7,10,13,16,18H2,1-5H3,(H,30,34)/t20-,24-/m1/s1. The number of nitrogens with zero attached hydrogens (tertiary/aromatic N) is 2. The lowest BCUT2D eigenvalue weighted by Crippen LogP contribution is -2.50. The summed E-state index contributed by atoms with van der Waals surface area (Å²) in [6, 6.07) is 11.6. The van der Waals surface area contributed by atoms with Gasteiger partial charge in [-0.2, -0.15) is 0 Å². The predicted octanol–water partition coefficient (Wildman–Crippen LogP) is 5.57. The first-order valence-corrected chi connectivity index (χ1v) is 15.1. The second kappa shape index (κ2) is 14.0. The number of anilines is 1. The van der Waals surface area contributed by atoms with Crippen molar-refractivity contribution in [3.63, 3.8) is 0 Å². The molecule has 2 amide bonds. The van der Waals surface area contributed by atoms with Crippen LogP contribution in [0.5, 0.6) is 0 Å². The van der Waals surface area contributed by atoms with Gasteiger partial charge in [0.1, 0.15) is 6.04 Å². The summed E-state index contributed by atoms with van der Waals surface area (Å²) in [5.41, 5.74) is 2.16. The third-order valence-electron chi connectivity index (χ3n) is 6.26. The smallest absolute Gasteiger partial charge is 0.243 e. The molecule has 2 aromatic rings. The lowest BCUT2D eigenvalue weighted by atomic mass is 10.1. The fraction of sp³-hybridized carbons (Fsp3) is 0.481. The van der Waals surface area contributed by atoms with E-state index in [1.165, 1.54) is 4.31 Å². The quantitative estimate of drug-likeness (QED) is 0.341. The molecule has 10 heteroatoms. The Balaban J connectivity index is 2.26. The van der Waals surface area contributed by atoms with Crippen molar-refractivity contribution in [3.05, 3.63) is 63.6 Å². The molecule has 0 aliphatic heterocycles. The minimum atomic E-state index is -3.55. The van der Waals surface area contributed by atoms with E-state index >= 15 is 0 Å². The number of halogens is 2. The maximum absolute atomic E-state index is 13.5. The van der Waals surface area contributed by atoms with E-state index in [1.54, 1.807) is 35.2 Å². The second-order valence-electron chi connectivity index (χ2n) is 9.24. The molecule has 0 aliphatic rings. The van der Waals surface area contributed by atoms with Gasteiger partial charge in [-0.25, -0.2) is 8.42 Å². The average Bonchev–Trinajstić information content (AvgIpc) is 2.83. The van der Waals surface area contributed by atoms with E-state index in [0.29, 0.717) is 28.6 Å². The van der Waals surface area contributed by atoms with E-state index in [9.17, 15) is 18.0 Å². The number of aryl methyl sites for hydroxylation is 1. The lowest BCUT2D eigenvalue weighted by molar-refractivity contribution is -0.141. The molecule has 1 N–H and O–H groups in total. The zero-order valence-corrected chi connectivity index (χ0v) is 24.5. The summed E-state index contributed by atoms with van der Waals surface area (Å²) in [7, 11) is -3.55. The minimum Gasteiger partial charge on any atom is -0.352 e. The van der Waals surface area contributed by atoms with Crippen molar-refractivity contribution in [2.24, 2.45) is 0 Å². The number of carbonyl (C=O) groups excluding carboxylic acids is 2. The van der Waals surface area contributed by atoms with Crippen molar-refractivity contribution < 1.29 is 18.0 Å². The molecule has 204 valence electrons. The number of carbonyl (C=O) groups is 2. The highest BCUT2D eigenvalue weighted by Gasteiger charge is 2.29. The number of nitrogens with one attached hydrogen (secondary N) is 1. The second-order valence-corrected chi connectivity index (χ2v) is 12.0. The van der Waals surface area contributed by atoms with E-state index in [0.717, 1.165) is 23.8 Å². The zero-order chi connectivity index (χ0) is 27.8. The van der Waals surface area contributed by atoms with E-state index in [-0.39, 0.29) is 37.4 Å². The largest absolute Gasteiger partial charge is 0.352 e. The highest BCUT2D eigenvalue weighted by molar-refractivity contribution is 7.92. The molecule has 7 nitrogen and oxygen atoms in total. The van der Waals surface area contributed by atoms with Crippen LogP contribution in [0.2, 0.25) is 10.0 Å². The fourth-order valence-electron chi connectivity index (χ4n) is 4.02. The van der Waals surface area contributed by atoms with Gasteiger partial charge in [0.25, 0.3) is 0 Å². The van der Waals surface area contributed by atoms with Crippen LogP contribution in [-0.4, -0.2) is 50.0 Å². The Hall–Kier alpha value is -2.29. The van der Waals surface area contributed by atoms with Crippen LogP contribution in [0.15, 0.2) is 42.5 Å². The van der Waals surface area contributed by atoms with Gasteiger partial charge >= 0.3 is 0 Å². The molecule has 2 aromatic carbocycles. The molecular formula is C27H37Cl2N3O4S. The number of sulfonamides is 1. The average molecular weight is 571 g/mol. The van der Waals surface area contributed by atoms with E-state index in [2.05, 4.69) is 5.32 Å². The Morgan fingerprint density at radius 2 is 1.70 bits per heavy atom. The van der Waals surface area contributed by atoms with Gasteiger partial charge in [0.2, 0.25) is 21.8 Å². The van der Waals surface area contributed by atoms with Crippen molar-refractivity contribution in [2.45, 2.75) is 72.0 Å². The number of hydrogen-bond acceptors (Lipinski definition) is 4. The first-order valence-electron chi connectivity index (χ1n) is 12.5. The van der Waals surface area contributed by atoms with Crippen LogP contribution in [0.1, 0.15) is 57.6 Å². The summed E-state index contributed by atoms with van der Waals surface area (Å²) in [4.78, 5) is 28.2. The molecule has 0 bridgehead atoms. The van der Waals surface area contributed by atoms with Gasteiger partial charge in [-0.15, -0.1) is 0 Å². The van der Waals surface area contributed by atoms with Gasteiger partial charge in [0.15, 0.2) is 0 Å². The van der Waals surface area contributed by atoms with Crippen LogP contribution in [0, 0.1) is 6.92 Å². The molecule has 0 aliphatic carbocycles. The Morgan fingerprint density at radius 3 is 2.27 bits per heavy atom. The molecule has 0 aromatic heterocycles. The summed E-state index contributed by atoms with van der Waals surface area (Å²) >= 11 is 12.3. The molecule has 0 unspecified atom stereocenters. The van der Waals surface area contributed by atoms with Crippen LogP contribution in [0.25, 0.3) is 0 Å². The molecule has 0 spiro atoms. The molecule has 0 heterocycles. The molecular weight excluding hydrogens is 533 g/mol. The van der Waals surface area contributed by atoms with E-state index in [1.807, 2.05) is 39.8 Å².